The number of hydrogen-bond donors (Lipinski definition) is 2. The molecule has 0 bridgehead atoms. The summed E-state index contributed by atoms with van der Waals surface area (Å²) in [7, 11) is 0. The van der Waals surface area contributed by atoms with Crippen molar-refractivity contribution in [2.24, 2.45) is 5.92 Å². The Labute approximate surface area is 86.9 Å². The molecular formula is C11H23NO2. The predicted octanol–water partition coefficient (Wildman–Crippen LogP) is 1.70. The van der Waals surface area contributed by atoms with Crippen LogP contribution in [0.15, 0.2) is 0 Å². The molecule has 0 rings (SSSR count). The van der Waals surface area contributed by atoms with E-state index in [1.807, 2.05) is 27.7 Å². The van der Waals surface area contributed by atoms with Crippen LogP contribution >= 0.6 is 0 Å². The third kappa shape index (κ3) is 5.22. The fraction of sp³-hybridized carbons (Fsp3) is 0.909. The van der Waals surface area contributed by atoms with Crippen LogP contribution in [0.5, 0.6) is 0 Å². The third-order valence-corrected chi connectivity index (χ3v) is 2.52. The second kappa shape index (κ2) is 6.02. The molecule has 0 aromatic rings. The Morgan fingerprint density at radius 1 is 1.36 bits per heavy atom. The summed E-state index contributed by atoms with van der Waals surface area (Å²) < 4.78 is 0. The molecule has 0 aliphatic carbocycles. The second-order valence-electron chi connectivity index (χ2n) is 4.31. The SMILES string of the molecule is CCC(O)(CC)CNC(=O)CC(C)C. The average Bonchev–Trinajstić information content (AvgIpc) is 2.13. The number of amides is 1. The van der Waals surface area contributed by atoms with Crippen LogP contribution in [0, 0.1) is 5.92 Å². The van der Waals surface area contributed by atoms with E-state index in [1.165, 1.54) is 0 Å². The number of aliphatic hydroxyl groups is 1. The molecule has 0 aliphatic heterocycles. The number of nitrogens with one attached hydrogen (secondary N) is 1. The van der Waals surface area contributed by atoms with Gasteiger partial charge in [-0.15, -0.1) is 0 Å². The molecule has 0 aliphatic rings. The second-order valence-corrected chi connectivity index (χ2v) is 4.31. The van der Waals surface area contributed by atoms with Crippen molar-refractivity contribution in [3.05, 3.63) is 0 Å². The molecule has 0 saturated carbocycles. The van der Waals surface area contributed by atoms with Crippen LogP contribution in [0.1, 0.15) is 47.0 Å². The molecule has 1 amide bonds. The first kappa shape index (κ1) is 13.4. The summed E-state index contributed by atoms with van der Waals surface area (Å²) in [6, 6.07) is 0. The largest absolute Gasteiger partial charge is 0.388 e. The summed E-state index contributed by atoms with van der Waals surface area (Å²) in [5, 5.41) is 12.7. The Hall–Kier alpha value is -0.570. The maximum atomic E-state index is 11.3. The molecule has 0 spiro atoms. The van der Waals surface area contributed by atoms with E-state index in [4.69, 9.17) is 0 Å². The maximum absolute atomic E-state index is 11.3. The maximum Gasteiger partial charge on any atom is 0.220 e. The quantitative estimate of drug-likeness (QED) is 0.687. The van der Waals surface area contributed by atoms with E-state index in [1.54, 1.807) is 0 Å². The van der Waals surface area contributed by atoms with Gasteiger partial charge in [-0.1, -0.05) is 27.7 Å². The fourth-order valence-corrected chi connectivity index (χ4v) is 1.21. The minimum atomic E-state index is -0.730. The summed E-state index contributed by atoms with van der Waals surface area (Å²) in [5.41, 5.74) is -0.730. The molecule has 84 valence electrons. The predicted molar refractivity (Wildman–Crippen MR) is 58.0 cm³/mol. The summed E-state index contributed by atoms with van der Waals surface area (Å²) in [5.74, 6) is 0.395. The average molecular weight is 201 g/mol. The first-order valence-electron chi connectivity index (χ1n) is 5.42. The molecule has 0 saturated heterocycles. The Kier molecular flexibility index (Phi) is 5.77. The van der Waals surface area contributed by atoms with Crippen molar-refractivity contribution in [3.8, 4) is 0 Å². The lowest BCUT2D eigenvalue weighted by Crippen LogP contribution is -2.42. The molecule has 0 aromatic carbocycles. The topological polar surface area (TPSA) is 49.3 Å². The van der Waals surface area contributed by atoms with Gasteiger partial charge >= 0.3 is 0 Å². The van der Waals surface area contributed by atoms with Crippen molar-refractivity contribution in [2.45, 2.75) is 52.6 Å². The minimum Gasteiger partial charge on any atom is -0.388 e. The first-order chi connectivity index (χ1) is 6.43. The highest BCUT2D eigenvalue weighted by Crippen LogP contribution is 2.13. The zero-order valence-corrected chi connectivity index (χ0v) is 9.76. The van der Waals surface area contributed by atoms with E-state index < -0.39 is 5.60 Å². The van der Waals surface area contributed by atoms with Gasteiger partial charge in [0.15, 0.2) is 0 Å². The highest BCUT2D eigenvalue weighted by molar-refractivity contribution is 5.76. The highest BCUT2D eigenvalue weighted by Gasteiger charge is 2.22. The molecule has 14 heavy (non-hydrogen) atoms. The van der Waals surface area contributed by atoms with E-state index in [-0.39, 0.29) is 5.91 Å². The molecular weight excluding hydrogens is 178 g/mol. The molecule has 2 N–H and O–H groups in total. The summed E-state index contributed by atoms with van der Waals surface area (Å²) in [6.45, 7) is 8.23. The Morgan fingerprint density at radius 3 is 2.21 bits per heavy atom. The van der Waals surface area contributed by atoms with Gasteiger partial charge in [0.25, 0.3) is 0 Å². The van der Waals surface area contributed by atoms with E-state index in [9.17, 15) is 9.90 Å². The summed E-state index contributed by atoms with van der Waals surface area (Å²) >= 11 is 0. The van der Waals surface area contributed by atoms with E-state index in [2.05, 4.69) is 5.32 Å². The molecule has 0 fully saturated rings. The number of carbonyl (C=O) groups excluding carboxylic acids is 1. The van der Waals surface area contributed by atoms with Gasteiger partial charge in [0.05, 0.1) is 5.60 Å². The Bertz CT molecular complexity index is 174. The van der Waals surface area contributed by atoms with Gasteiger partial charge in [0.1, 0.15) is 0 Å². The number of hydrogen-bond acceptors (Lipinski definition) is 2. The molecule has 0 aromatic heterocycles. The van der Waals surface area contributed by atoms with Crippen molar-refractivity contribution in [2.75, 3.05) is 6.54 Å². The van der Waals surface area contributed by atoms with Gasteiger partial charge in [-0.25, -0.2) is 0 Å². The fourth-order valence-electron chi connectivity index (χ4n) is 1.21. The zero-order valence-electron chi connectivity index (χ0n) is 9.76. The molecule has 0 radical (unpaired) electrons. The van der Waals surface area contributed by atoms with Crippen molar-refractivity contribution in [1.29, 1.82) is 0 Å². The lowest BCUT2D eigenvalue weighted by molar-refractivity contribution is -0.123. The third-order valence-electron chi connectivity index (χ3n) is 2.52. The van der Waals surface area contributed by atoms with Gasteiger partial charge in [0, 0.05) is 13.0 Å². The normalized spacial score (nSPS) is 11.9. The first-order valence-corrected chi connectivity index (χ1v) is 5.42. The molecule has 0 unspecified atom stereocenters. The van der Waals surface area contributed by atoms with Crippen molar-refractivity contribution < 1.29 is 9.90 Å². The van der Waals surface area contributed by atoms with E-state index >= 15 is 0 Å². The van der Waals surface area contributed by atoms with Crippen LogP contribution in [0.25, 0.3) is 0 Å². The highest BCUT2D eigenvalue weighted by atomic mass is 16.3. The van der Waals surface area contributed by atoms with Crippen molar-refractivity contribution in [3.63, 3.8) is 0 Å². The Morgan fingerprint density at radius 2 is 1.86 bits per heavy atom. The van der Waals surface area contributed by atoms with E-state index in [0.29, 0.717) is 31.7 Å². The molecule has 3 heteroatoms. The van der Waals surface area contributed by atoms with Crippen LogP contribution in [0.3, 0.4) is 0 Å². The number of rotatable bonds is 6. The van der Waals surface area contributed by atoms with Crippen molar-refractivity contribution in [1.82, 2.24) is 5.32 Å². The van der Waals surface area contributed by atoms with Gasteiger partial charge in [-0.3, -0.25) is 4.79 Å². The van der Waals surface area contributed by atoms with Crippen LogP contribution in [0.2, 0.25) is 0 Å². The lowest BCUT2D eigenvalue weighted by Gasteiger charge is -2.25. The van der Waals surface area contributed by atoms with E-state index in [0.717, 1.165) is 0 Å². The molecule has 3 nitrogen and oxygen atoms in total. The molecule has 0 atom stereocenters. The van der Waals surface area contributed by atoms with Crippen LogP contribution in [0.4, 0.5) is 0 Å². The summed E-state index contributed by atoms with van der Waals surface area (Å²) in [4.78, 5) is 11.3. The lowest BCUT2D eigenvalue weighted by atomic mass is 9.97. The zero-order chi connectivity index (χ0) is 11.2. The standard InChI is InChI=1S/C11H23NO2/c1-5-11(14,6-2)8-12-10(13)7-9(3)4/h9,14H,5-8H2,1-4H3,(H,12,13). The number of carbonyl (C=O) groups is 1. The van der Waals surface area contributed by atoms with Crippen LogP contribution in [-0.4, -0.2) is 23.2 Å². The molecule has 0 heterocycles. The van der Waals surface area contributed by atoms with Crippen molar-refractivity contribution >= 4 is 5.91 Å². The van der Waals surface area contributed by atoms with Gasteiger partial charge in [0.2, 0.25) is 5.91 Å². The Balaban J connectivity index is 3.86. The van der Waals surface area contributed by atoms with Crippen LogP contribution in [-0.2, 0) is 4.79 Å². The minimum absolute atomic E-state index is 0.0281. The summed E-state index contributed by atoms with van der Waals surface area (Å²) in [6.07, 6.45) is 1.88. The van der Waals surface area contributed by atoms with Gasteiger partial charge in [-0.2, -0.15) is 0 Å². The van der Waals surface area contributed by atoms with Gasteiger partial charge in [-0.05, 0) is 18.8 Å². The van der Waals surface area contributed by atoms with Gasteiger partial charge < -0.3 is 10.4 Å². The van der Waals surface area contributed by atoms with Crippen LogP contribution < -0.4 is 5.32 Å². The smallest absolute Gasteiger partial charge is 0.220 e. The monoisotopic (exact) mass is 201 g/mol.